The topological polar surface area (TPSA) is 24.0 Å². The number of aromatic nitrogens is 1. The predicted octanol–water partition coefficient (Wildman–Crippen LogP) is 17.5. The minimum atomic E-state index is 0.0512. The van der Waals surface area contributed by atoms with Gasteiger partial charge in [-0.2, -0.15) is 0 Å². The summed E-state index contributed by atoms with van der Waals surface area (Å²) in [6.07, 6.45) is 0. The molecule has 4 nitrogen and oxygen atoms in total. The Balaban J connectivity index is 1.11. The first kappa shape index (κ1) is 37.7. The Labute approximate surface area is 371 Å². The van der Waals surface area contributed by atoms with E-state index in [1.165, 1.54) is 58.5 Å². The molecule has 0 saturated heterocycles. The van der Waals surface area contributed by atoms with Gasteiger partial charge in [0.05, 0.1) is 26.8 Å². The van der Waals surface area contributed by atoms with Crippen LogP contribution in [0, 0.1) is 0 Å². The Morgan fingerprint density at radius 3 is 1.67 bits per heavy atom. The Morgan fingerprint density at radius 2 is 1.02 bits per heavy atom. The summed E-state index contributed by atoms with van der Waals surface area (Å²) in [6.45, 7) is 13.6. The first-order valence-corrected chi connectivity index (χ1v) is 22.7. The molecule has 0 unspecified atom stereocenters. The molecule has 12 rings (SSSR count). The first-order chi connectivity index (χ1) is 30.5. The monoisotopic (exact) mass is 833 g/mol. The minimum absolute atomic E-state index is 0.0512. The molecule has 63 heavy (non-hydrogen) atoms. The van der Waals surface area contributed by atoms with E-state index in [1.54, 1.807) is 0 Å². The Morgan fingerprint density at radius 1 is 0.444 bits per heavy atom. The van der Waals surface area contributed by atoms with Gasteiger partial charge in [-0.15, -0.1) is 11.3 Å². The van der Waals surface area contributed by atoms with Crippen molar-refractivity contribution in [1.29, 1.82) is 0 Å². The van der Waals surface area contributed by atoms with Crippen molar-refractivity contribution in [2.24, 2.45) is 0 Å². The van der Waals surface area contributed by atoms with Crippen molar-refractivity contribution in [1.82, 2.24) is 4.40 Å². The van der Waals surface area contributed by atoms with E-state index in [1.807, 2.05) is 11.3 Å². The van der Waals surface area contributed by atoms with Crippen molar-refractivity contribution in [3.8, 4) is 0 Å². The zero-order valence-electron chi connectivity index (χ0n) is 36.4. The van der Waals surface area contributed by atoms with Crippen LogP contribution in [0.5, 0.6) is 0 Å². The van der Waals surface area contributed by atoms with Gasteiger partial charge >= 0.3 is 0 Å². The van der Waals surface area contributed by atoms with Crippen LogP contribution < -0.4 is 9.80 Å². The highest BCUT2D eigenvalue weighted by molar-refractivity contribution is 7.26. The number of rotatable bonds is 6. The van der Waals surface area contributed by atoms with Gasteiger partial charge in [0.15, 0.2) is 0 Å². The van der Waals surface area contributed by atoms with Gasteiger partial charge in [-0.1, -0.05) is 126 Å². The molecular formula is C58H47N3OS. The number of anilines is 6. The maximum Gasteiger partial charge on any atom is 0.213 e. The number of hydrogen-bond acceptors (Lipinski definition) is 4. The first-order valence-electron chi connectivity index (χ1n) is 21.9. The quantitative estimate of drug-likeness (QED) is 0.167. The Bertz CT molecular complexity index is 3680. The van der Waals surface area contributed by atoms with Crippen molar-refractivity contribution in [2.45, 2.75) is 52.4 Å². The summed E-state index contributed by atoms with van der Waals surface area (Å²) >= 11 is 1.88. The normalized spacial score (nSPS) is 12.6. The molecule has 0 N–H and O–H groups in total. The number of fused-ring (bicyclic) bond motifs is 11. The molecule has 12 aromatic rings. The highest BCUT2D eigenvalue weighted by Crippen LogP contribution is 2.53. The number of benzene rings is 8. The second-order valence-electron chi connectivity index (χ2n) is 19.1. The lowest BCUT2D eigenvalue weighted by atomic mass is 9.87. The largest absolute Gasteiger partial charge is 0.439 e. The summed E-state index contributed by atoms with van der Waals surface area (Å²) < 4.78 is 12.0. The molecule has 0 spiro atoms. The number of furan rings is 1. The van der Waals surface area contributed by atoms with Gasteiger partial charge in [-0.05, 0) is 124 Å². The molecule has 0 fully saturated rings. The van der Waals surface area contributed by atoms with Crippen LogP contribution in [0.2, 0.25) is 0 Å². The summed E-state index contributed by atoms with van der Waals surface area (Å²) in [7, 11) is 0. The maximum absolute atomic E-state index is 6.98. The van der Waals surface area contributed by atoms with E-state index in [4.69, 9.17) is 4.42 Å². The molecule has 0 saturated carbocycles. The summed E-state index contributed by atoms with van der Waals surface area (Å²) in [6, 6.07) is 64.5. The lowest BCUT2D eigenvalue weighted by molar-refractivity contribution is 0.590. The zero-order valence-corrected chi connectivity index (χ0v) is 37.2. The van der Waals surface area contributed by atoms with E-state index >= 15 is 0 Å². The Hall–Kier alpha value is -7.08. The molecule has 4 aromatic heterocycles. The highest BCUT2D eigenvalue weighted by atomic mass is 32.1. The molecule has 0 atom stereocenters. The fourth-order valence-corrected chi connectivity index (χ4v) is 11.0. The van der Waals surface area contributed by atoms with Gasteiger partial charge in [0, 0.05) is 54.7 Å². The molecule has 0 aliphatic carbocycles. The second-order valence-corrected chi connectivity index (χ2v) is 20.1. The SMILES string of the molecule is CC(C)(C)c1ccc(N(c2ccccc2)c2ccc3cc4sc5c6ccc(N(c7ccccc7)c7ccc(C(C)(C)C)cc7)c7c8c9ccccc9oc8n(c5c4cc3c2)c67)cc1. The van der Waals surface area contributed by atoms with Gasteiger partial charge < -0.3 is 14.2 Å². The van der Waals surface area contributed by atoms with Gasteiger partial charge in [-0.25, -0.2) is 0 Å². The van der Waals surface area contributed by atoms with Crippen LogP contribution in [0.3, 0.4) is 0 Å². The van der Waals surface area contributed by atoms with Crippen LogP contribution >= 0.6 is 11.3 Å². The molecule has 0 radical (unpaired) electrons. The van der Waals surface area contributed by atoms with Crippen molar-refractivity contribution < 1.29 is 4.42 Å². The fourth-order valence-electron chi connectivity index (χ4n) is 9.78. The number of nitrogens with zero attached hydrogens (tertiary/aromatic N) is 3. The van der Waals surface area contributed by atoms with Gasteiger partial charge in [0.25, 0.3) is 0 Å². The molecule has 0 aliphatic rings. The van der Waals surface area contributed by atoms with E-state index in [-0.39, 0.29) is 10.8 Å². The highest BCUT2D eigenvalue weighted by Gasteiger charge is 2.29. The third-order valence-corrected chi connectivity index (χ3v) is 14.2. The third-order valence-electron chi connectivity index (χ3n) is 13.0. The third kappa shape index (κ3) is 5.87. The van der Waals surface area contributed by atoms with E-state index in [9.17, 15) is 0 Å². The number of hydrogen-bond donors (Lipinski definition) is 0. The number of thiophene rings is 1. The van der Waals surface area contributed by atoms with Gasteiger partial charge in [0.2, 0.25) is 5.71 Å². The zero-order chi connectivity index (χ0) is 42.8. The van der Waals surface area contributed by atoms with Crippen LogP contribution in [0.1, 0.15) is 52.7 Å². The summed E-state index contributed by atoms with van der Waals surface area (Å²) in [5, 5.41) is 8.37. The summed E-state index contributed by atoms with van der Waals surface area (Å²) in [5.74, 6) is 0. The Kier molecular flexibility index (Phi) is 8.20. The van der Waals surface area contributed by atoms with Crippen molar-refractivity contribution in [3.63, 3.8) is 0 Å². The van der Waals surface area contributed by atoms with Crippen LogP contribution in [0.15, 0.2) is 180 Å². The summed E-state index contributed by atoms with van der Waals surface area (Å²) in [4.78, 5) is 4.79. The molecular weight excluding hydrogens is 787 g/mol. The van der Waals surface area contributed by atoms with E-state index in [2.05, 4.69) is 232 Å². The molecule has 0 bridgehead atoms. The molecule has 4 heterocycles. The molecule has 0 amide bonds. The van der Waals surface area contributed by atoms with Crippen LogP contribution in [-0.4, -0.2) is 4.40 Å². The maximum atomic E-state index is 6.98. The molecule has 5 heteroatoms. The summed E-state index contributed by atoms with van der Waals surface area (Å²) in [5.41, 5.74) is 13.7. The average molecular weight is 834 g/mol. The van der Waals surface area contributed by atoms with Crippen molar-refractivity contribution in [3.05, 3.63) is 187 Å². The predicted molar refractivity (Wildman–Crippen MR) is 271 cm³/mol. The average Bonchev–Trinajstić information content (AvgIpc) is 4.02. The lowest BCUT2D eigenvalue weighted by Crippen LogP contribution is -2.13. The fraction of sp³-hybridized carbons (Fsp3) is 0.138. The van der Waals surface area contributed by atoms with E-state index in [0.717, 1.165) is 56.2 Å². The lowest BCUT2D eigenvalue weighted by Gasteiger charge is -2.27. The van der Waals surface area contributed by atoms with Crippen molar-refractivity contribution >= 4 is 115 Å². The van der Waals surface area contributed by atoms with Crippen LogP contribution in [0.25, 0.3) is 69.4 Å². The second kappa shape index (κ2) is 13.7. The van der Waals surface area contributed by atoms with Crippen molar-refractivity contribution in [2.75, 3.05) is 9.80 Å². The minimum Gasteiger partial charge on any atom is -0.439 e. The smallest absolute Gasteiger partial charge is 0.213 e. The standard InChI is InChI=1S/C58H47N3OS/c1-57(2,3)38-22-27-42(28-23-38)59(40-15-9-7-10-16-40)44-26-21-36-35-50-47(34-37(36)33-44)54-55(63-50)46-31-32-48(52-51-45-19-13-14-20-49(45)62-56(51)61(54)53(46)52)60(41-17-11-8-12-18-41)43-29-24-39(25-30-43)58(4,5)6/h7-35H,1-6H3. The van der Waals surface area contributed by atoms with E-state index < -0.39 is 0 Å². The molecule has 8 aromatic carbocycles. The van der Waals surface area contributed by atoms with Crippen LogP contribution in [-0.2, 0) is 10.8 Å². The molecule has 306 valence electrons. The molecule has 0 aliphatic heterocycles. The van der Waals surface area contributed by atoms with Gasteiger partial charge in [-0.3, -0.25) is 4.40 Å². The van der Waals surface area contributed by atoms with Crippen LogP contribution in [0.4, 0.5) is 34.1 Å². The number of para-hydroxylation sites is 3. The van der Waals surface area contributed by atoms with E-state index in [0.29, 0.717) is 0 Å². The van der Waals surface area contributed by atoms with Gasteiger partial charge in [0.1, 0.15) is 5.58 Å².